The second-order valence-electron chi connectivity index (χ2n) is 4.93. The average molecular weight is 196 g/mol. The lowest BCUT2D eigenvalue weighted by Crippen LogP contribution is -2.31. The molecule has 2 heterocycles. The molecule has 2 atom stereocenters. The molecule has 3 fully saturated rings. The number of hydrogen-bond acceptors (Lipinski definition) is 3. The fraction of sp³-hybridized carbons (Fsp3) is 1.00. The minimum absolute atomic E-state index is 0.922. The van der Waals surface area contributed by atoms with E-state index < -0.39 is 0 Å². The van der Waals surface area contributed by atoms with Gasteiger partial charge in [-0.15, -0.1) is 0 Å². The highest BCUT2D eigenvalue weighted by atomic mass is 16.5. The summed E-state index contributed by atoms with van der Waals surface area (Å²) >= 11 is 0. The van der Waals surface area contributed by atoms with E-state index in [1.165, 1.54) is 39.1 Å². The molecule has 0 aromatic heterocycles. The first-order chi connectivity index (χ1) is 6.95. The van der Waals surface area contributed by atoms with E-state index in [2.05, 4.69) is 10.2 Å². The second-order valence-corrected chi connectivity index (χ2v) is 4.93. The van der Waals surface area contributed by atoms with Crippen molar-refractivity contribution in [2.24, 2.45) is 17.8 Å². The summed E-state index contributed by atoms with van der Waals surface area (Å²) in [5.41, 5.74) is 0. The van der Waals surface area contributed by atoms with Crippen molar-refractivity contribution in [1.82, 2.24) is 10.2 Å². The van der Waals surface area contributed by atoms with E-state index in [4.69, 9.17) is 4.74 Å². The fourth-order valence-electron chi connectivity index (χ4n) is 3.01. The molecule has 1 aliphatic carbocycles. The second kappa shape index (κ2) is 3.80. The van der Waals surface area contributed by atoms with Gasteiger partial charge in [0.05, 0.1) is 13.2 Å². The maximum Gasteiger partial charge on any atom is 0.0501 e. The zero-order chi connectivity index (χ0) is 9.38. The molecule has 0 spiro atoms. The number of ether oxygens (including phenoxy) is 1. The van der Waals surface area contributed by atoms with Gasteiger partial charge in [0.25, 0.3) is 0 Å². The predicted molar refractivity (Wildman–Crippen MR) is 55.2 cm³/mol. The molecule has 14 heavy (non-hydrogen) atoms. The standard InChI is InChI=1S/C11H20N2O/c1-2-12-3-5-13(4-1)6-9-10-7-14-8-11(9)10/h9-12H,1-8H2. The molecule has 1 saturated carbocycles. The number of nitrogens with zero attached hydrogens (tertiary/aromatic N) is 1. The minimum Gasteiger partial charge on any atom is -0.381 e. The third kappa shape index (κ3) is 1.69. The molecule has 0 amide bonds. The van der Waals surface area contributed by atoms with Gasteiger partial charge in [0.1, 0.15) is 0 Å². The van der Waals surface area contributed by atoms with Gasteiger partial charge in [-0.1, -0.05) is 0 Å². The largest absolute Gasteiger partial charge is 0.381 e. The smallest absolute Gasteiger partial charge is 0.0501 e. The summed E-state index contributed by atoms with van der Waals surface area (Å²) in [5, 5.41) is 3.45. The number of fused-ring (bicyclic) bond motifs is 1. The van der Waals surface area contributed by atoms with Crippen molar-refractivity contribution in [3.8, 4) is 0 Å². The van der Waals surface area contributed by atoms with Gasteiger partial charge in [-0.3, -0.25) is 0 Å². The molecule has 3 heteroatoms. The Balaban J connectivity index is 1.47. The predicted octanol–water partition coefficient (Wildman–Crippen LogP) is 0.174. The summed E-state index contributed by atoms with van der Waals surface area (Å²) in [6.07, 6.45) is 1.32. The molecule has 2 aliphatic heterocycles. The highest BCUT2D eigenvalue weighted by Crippen LogP contribution is 2.50. The van der Waals surface area contributed by atoms with Crippen LogP contribution < -0.4 is 5.32 Å². The van der Waals surface area contributed by atoms with Crippen molar-refractivity contribution in [2.45, 2.75) is 6.42 Å². The first-order valence-electron chi connectivity index (χ1n) is 5.96. The van der Waals surface area contributed by atoms with Crippen LogP contribution in [0.3, 0.4) is 0 Å². The third-order valence-corrected chi connectivity index (χ3v) is 4.03. The monoisotopic (exact) mass is 196 g/mol. The summed E-state index contributed by atoms with van der Waals surface area (Å²) in [6.45, 7) is 8.35. The van der Waals surface area contributed by atoms with Crippen LogP contribution >= 0.6 is 0 Å². The highest BCUT2D eigenvalue weighted by molar-refractivity contribution is 5.01. The Morgan fingerprint density at radius 2 is 2.00 bits per heavy atom. The van der Waals surface area contributed by atoms with Crippen LogP contribution in [0.25, 0.3) is 0 Å². The molecule has 0 aromatic carbocycles. The zero-order valence-electron chi connectivity index (χ0n) is 8.74. The summed E-state index contributed by atoms with van der Waals surface area (Å²) in [5.74, 6) is 2.82. The lowest BCUT2D eigenvalue weighted by molar-refractivity contribution is 0.139. The number of rotatable bonds is 2. The van der Waals surface area contributed by atoms with Gasteiger partial charge in [0.2, 0.25) is 0 Å². The van der Waals surface area contributed by atoms with Crippen molar-refractivity contribution >= 4 is 0 Å². The normalized spacial score (nSPS) is 43.3. The topological polar surface area (TPSA) is 24.5 Å². The van der Waals surface area contributed by atoms with Crippen LogP contribution in [0.15, 0.2) is 0 Å². The van der Waals surface area contributed by atoms with E-state index in [1.807, 2.05) is 0 Å². The average Bonchev–Trinajstić information content (AvgIpc) is 2.73. The summed E-state index contributed by atoms with van der Waals surface area (Å²) in [7, 11) is 0. The Morgan fingerprint density at radius 1 is 1.14 bits per heavy atom. The van der Waals surface area contributed by atoms with Crippen LogP contribution in [0, 0.1) is 17.8 Å². The quantitative estimate of drug-likeness (QED) is 0.681. The van der Waals surface area contributed by atoms with E-state index >= 15 is 0 Å². The van der Waals surface area contributed by atoms with Crippen molar-refractivity contribution in [1.29, 1.82) is 0 Å². The highest BCUT2D eigenvalue weighted by Gasteiger charge is 2.53. The summed E-state index contributed by atoms with van der Waals surface area (Å²) < 4.78 is 5.42. The van der Waals surface area contributed by atoms with E-state index in [0.29, 0.717) is 0 Å². The summed E-state index contributed by atoms with van der Waals surface area (Å²) in [4.78, 5) is 2.64. The molecule has 3 rings (SSSR count). The molecule has 3 aliphatic rings. The molecule has 3 nitrogen and oxygen atoms in total. The van der Waals surface area contributed by atoms with Crippen LogP contribution in [0.5, 0.6) is 0 Å². The van der Waals surface area contributed by atoms with Crippen molar-refractivity contribution in [3.63, 3.8) is 0 Å². The van der Waals surface area contributed by atoms with Crippen LogP contribution in [-0.4, -0.2) is 50.8 Å². The number of hydrogen-bond donors (Lipinski definition) is 1. The third-order valence-electron chi connectivity index (χ3n) is 4.03. The van der Waals surface area contributed by atoms with Gasteiger partial charge in [-0.05, 0) is 37.3 Å². The molecule has 0 radical (unpaired) electrons. The molecule has 80 valence electrons. The molecule has 0 aromatic rings. The van der Waals surface area contributed by atoms with E-state index in [1.54, 1.807) is 0 Å². The first-order valence-corrected chi connectivity index (χ1v) is 5.96. The maximum absolute atomic E-state index is 5.42. The van der Waals surface area contributed by atoms with Crippen LogP contribution in [0.2, 0.25) is 0 Å². The molecule has 2 unspecified atom stereocenters. The van der Waals surface area contributed by atoms with Gasteiger partial charge in [0.15, 0.2) is 0 Å². The summed E-state index contributed by atoms with van der Waals surface area (Å²) in [6, 6.07) is 0. The van der Waals surface area contributed by atoms with Crippen molar-refractivity contribution < 1.29 is 4.74 Å². The Kier molecular flexibility index (Phi) is 2.48. The Hall–Kier alpha value is -0.120. The SMILES string of the molecule is C1CNCCN(CC2C3COCC32)C1. The van der Waals surface area contributed by atoms with Gasteiger partial charge in [0, 0.05) is 19.6 Å². The Bertz CT molecular complexity index is 191. The van der Waals surface area contributed by atoms with E-state index in [-0.39, 0.29) is 0 Å². The van der Waals surface area contributed by atoms with E-state index in [9.17, 15) is 0 Å². The van der Waals surface area contributed by atoms with Crippen molar-refractivity contribution in [3.05, 3.63) is 0 Å². The van der Waals surface area contributed by atoms with Gasteiger partial charge in [-0.25, -0.2) is 0 Å². The maximum atomic E-state index is 5.42. The molecule has 0 bridgehead atoms. The first kappa shape index (κ1) is 9.13. The van der Waals surface area contributed by atoms with Crippen LogP contribution in [0.4, 0.5) is 0 Å². The Morgan fingerprint density at radius 3 is 2.86 bits per heavy atom. The molecule has 2 saturated heterocycles. The Labute approximate surface area is 85.8 Å². The fourth-order valence-corrected chi connectivity index (χ4v) is 3.01. The molecule has 1 N–H and O–H groups in total. The lowest BCUT2D eigenvalue weighted by atomic mass is 10.2. The number of nitrogens with one attached hydrogen (secondary N) is 1. The minimum atomic E-state index is 0.922. The van der Waals surface area contributed by atoms with Gasteiger partial charge < -0.3 is 15.0 Å². The van der Waals surface area contributed by atoms with Gasteiger partial charge in [-0.2, -0.15) is 0 Å². The van der Waals surface area contributed by atoms with E-state index in [0.717, 1.165) is 31.0 Å². The van der Waals surface area contributed by atoms with Crippen LogP contribution in [0.1, 0.15) is 6.42 Å². The van der Waals surface area contributed by atoms with Gasteiger partial charge >= 0.3 is 0 Å². The lowest BCUT2D eigenvalue weighted by Gasteiger charge is -2.20. The molecular weight excluding hydrogens is 176 g/mol. The van der Waals surface area contributed by atoms with Crippen molar-refractivity contribution in [2.75, 3.05) is 45.9 Å². The van der Waals surface area contributed by atoms with Crippen LogP contribution in [-0.2, 0) is 4.74 Å². The zero-order valence-corrected chi connectivity index (χ0v) is 8.74. The molecular formula is C11H20N2O.